The lowest BCUT2D eigenvalue weighted by molar-refractivity contribution is -0.126. The van der Waals surface area contributed by atoms with E-state index in [4.69, 9.17) is 4.74 Å². The first-order valence-corrected chi connectivity index (χ1v) is 11.1. The van der Waals surface area contributed by atoms with Crippen molar-refractivity contribution in [1.29, 1.82) is 0 Å². The molecule has 4 rings (SSSR count). The SMILES string of the molecule is COc1ccc(Br)cc1/C=N/N=C1/SC(C)C(=O)N1Cc1cccc2ccccc12. The second-order valence-electron chi connectivity index (χ2n) is 6.84. The Morgan fingerprint density at radius 1 is 1.17 bits per heavy atom. The number of carbonyl (C=O) groups excluding carboxylic acids is 1. The number of ether oxygens (including phenoxy) is 1. The van der Waals surface area contributed by atoms with Gasteiger partial charge in [0.1, 0.15) is 5.75 Å². The van der Waals surface area contributed by atoms with Crippen LogP contribution in [-0.4, -0.2) is 34.5 Å². The van der Waals surface area contributed by atoms with Crippen LogP contribution in [0.5, 0.6) is 5.75 Å². The summed E-state index contributed by atoms with van der Waals surface area (Å²) >= 11 is 4.88. The van der Waals surface area contributed by atoms with Crippen LogP contribution in [0.4, 0.5) is 0 Å². The molecule has 0 saturated carbocycles. The largest absolute Gasteiger partial charge is 0.496 e. The Kier molecular flexibility index (Phi) is 6.20. The molecule has 152 valence electrons. The number of amides is 1. The van der Waals surface area contributed by atoms with E-state index in [2.05, 4.69) is 50.4 Å². The van der Waals surface area contributed by atoms with E-state index in [0.29, 0.717) is 17.5 Å². The molecule has 5 nitrogen and oxygen atoms in total. The molecule has 1 atom stereocenters. The van der Waals surface area contributed by atoms with Gasteiger partial charge >= 0.3 is 0 Å². The molecule has 0 radical (unpaired) electrons. The highest BCUT2D eigenvalue weighted by molar-refractivity contribution is 9.10. The fraction of sp³-hybridized carbons (Fsp3) is 0.174. The molecule has 1 amide bonds. The minimum Gasteiger partial charge on any atom is -0.496 e. The molecule has 1 heterocycles. The molecule has 1 unspecified atom stereocenters. The van der Waals surface area contributed by atoms with Crippen LogP contribution >= 0.6 is 27.7 Å². The summed E-state index contributed by atoms with van der Waals surface area (Å²) in [5.74, 6) is 0.750. The van der Waals surface area contributed by atoms with Gasteiger partial charge in [-0.15, -0.1) is 5.10 Å². The first kappa shape index (κ1) is 20.6. The number of thioether (sulfide) groups is 1. The smallest absolute Gasteiger partial charge is 0.242 e. The second kappa shape index (κ2) is 9.02. The van der Waals surface area contributed by atoms with Gasteiger partial charge in [0, 0.05) is 10.0 Å². The van der Waals surface area contributed by atoms with Crippen molar-refractivity contribution in [1.82, 2.24) is 4.90 Å². The van der Waals surface area contributed by atoms with E-state index in [1.807, 2.05) is 43.3 Å². The first-order chi connectivity index (χ1) is 14.6. The summed E-state index contributed by atoms with van der Waals surface area (Å²) in [6.45, 7) is 2.36. The fourth-order valence-electron chi connectivity index (χ4n) is 3.36. The highest BCUT2D eigenvalue weighted by Gasteiger charge is 2.35. The van der Waals surface area contributed by atoms with Gasteiger partial charge in [-0.05, 0) is 41.5 Å². The highest BCUT2D eigenvalue weighted by atomic mass is 79.9. The van der Waals surface area contributed by atoms with Crippen molar-refractivity contribution in [3.8, 4) is 5.75 Å². The normalized spacial score (nSPS) is 18.1. The van der Waals surface area contributed by atoms with Crippen LogP contribution in [0.25, 0.3) is 10.8 Å². The van der Waals surface area contributed by atoms with Crippen LogP contribution < -0.4 is 4.74 Å². The van der Waals surface area contributed by atoms with E-state index < -0.39 is 0 Å². The van der Waals surface area contributed by atoms with Crippen LogP contribution in [-0.2, 0) is 11.3 Å². The lowest BCUT2D eigenvalue weighted by Crippen LogP contribution is -2.30. The predicted molar refractivity (Wildman–Crippen MR) is 127 cm³/mol. The average molecular weight is 482 g/mol. The average Bonchev–Trinajstić information content (AvgIpc) is 3.02. The number of benzene rings is 3. The van der Waals surface area contributed by atoms with Gasteiger partial charge < -0.3 is 4.74 Å². The summed E-state index contributed by atoms with van der Waals surface area (Å²) in [4.78, 5) is 14.5. The molecule has 1 aliphatic heterocycles. The molecular weight excluding hydrogens is 462 g/mol. The van der Waals surface area contributed by atoms with Gasteiger partial charge in [-0.1, -0.05) is 70.2 Å². The molecule has 30 heavy (non-hydrogen) atoms. The number of hydrogen-bond donors (Lipinski definition) is 0. The van der Waals surface area contributed by atoms with Crippen LogP contribution in [0.15, 0.2) is 75.3 Å². The molecule has 0 bridgehead atoms. The molecular formula is C23H20BrN3O2S. The van der Waals surface area contributed by atoms with Crippen molar-refractivity contribution in [2.45, 2.75) is 18.7 Å². The number of rotatable bonds is 5. The quantitative estimate of drug-likeness (QED) is 0.358. The van der Waals surface area contributed by atoms with E-state index in [1.54, 1.807) is 18.2 Å². The number of methoxy groups -OCH3 is 1. The van der Waals surface area contributed by atoms with Crippen molar-refractivity contribution >= 4 is 55.8 Å². The summed E-state index contributed by atoms with van der Waals surface area (Å²) in [6.07, 6.45) is 1.64. The Morgan fingerprint density at radius 2 is 1.97 bits per heavy atom. The van der Waals surface area contributed by atoms with Gasteiger partial charge in [0.05, 0.1) is 25.1 Å². The van der Waals surface area contributed by atoms with Crippen molar-refractivity contribution in [2.24, 2.45) is 10.2 Å². The molecule has 0 aliphatic carbocycles. The summed E-state index contributed by atoms with van der Waals surface area (Å²) in [5, 5.41) is 11.3. The van der Waals surface area contributed by atoms with E-state index in [-0.39, 0.29) is 11.2 Å². The molecule has 0 aromatic heterocycles. The maximum Gasteiger partial charge on any atom is 0.242 e. The van der Waals surface area contributed by atoms with Crippen LogP contribution in [0.2, 0.25) is 0 Å². The number of amidine groups is 1. The maximum absolute atomic E-state index is 12.8. The topological polar surface area (TPSA) is 54.3 Å². The molecule has 1 aliphatic rings. The monoisotopic (exact) mass is 481 g/mol. The molecule has 3 aromatic rings. The van der Waals surface area contributed by atoms with Gasteiger partial charge in [0.2, 0.25) is 5.91 Å². The zero-order chi connectivity index (χ0) is 21.1. The van der Waals surface area contributed by atoms with E-state index in [0.717, 1.165) is 26.4 Å². The lowest BCUT2D eigenvalue weighted by atomic mass is 10.0. The number of fused-ring (bicyclic) bond motifs is 1. The minimum atomic E-state index is -0.186. The third-order valence-electron chi connectivity index (χ3n) is 4.87. The zero-order valence-corrected chi connectivity index (χ0v) is 19.0. The van der Waals surface area contributed by atoms with Crippen LogP contribution in [0.3, 0.4) is 0 Å². The summed E-state index contributed by atoms with van der Waals surface area (Å²) in [7, 11) is 1.62. The lowest BCUT2D eigenvalue weighted by Gasteiger charge is -2.17. The number of nitrogens with zero attached hydrogens (tertiary/aromatic N) is 3. The number of carbonyl (C=O) groups is 1. The third-order valence-corrected chi connectivity index (χ3v) is 6.43. The van der Waals surface area contributed by atoms with Gasteiger partial charge in [-0.25, -0.2) is 0 Å². The Balaban J connectivity index is 1.62. The zero-order valence-electron chi connectivity index (χ0n) is 16.6. The van der Waals surface area contributed by atoms with E-state index in [1.165, 1.54) is 11.8 Å². The molecule has 0 spiro atoms. The Hall–Kier alpha value is -2.64. The molecule has 7 heteroatoms. The molecule has 0 N–H and O–H groups in total. The fourth-order valence-corrected chi connectivity index (χ4v) is 4.66. The van der Waals surface area contributed by atoms with Gasteiger partial charge in [-0.2, -0.15) is 5.10 Å². The Bertz CT molecular complexity index is 1160. The molecule has 1 saturated heterocycles. The third kappa shape index (κ3) is 4.27. The highest BCUT2D eigenvalue weighted by Crippen LogP contribution is 2.30. The van der Waals surface area contributed by atoms with Gasteiger partial charge in [-0.3, -0.25) is 9.69 Å². The van der Waals surface area contributed by atoms with Crippen LogP contribution in [0, 0.1) is 0 Å². The Labute approximate surface area is 188 Å². The van der Waals surface area contributed by atoms with Crippen LogP contribution in [0.1, 0.15) is 18.1 Å². The van der Waals surface area contributed by atoms with Crippen molar-refractivity contribution in [2.75, 3.05) is 7.11 Å². The molecule has 1 fully saturated rings. The minimum absolute atomic E-state index is 0.0434. The van der Waals surface area contributed by atoms with Crippen molar-refractivity contribution in [3.63, 3.8) is 0 Å². The van der Waals surface area contributed by atoms with Gasteiger partial charge in [0.15, 0.2) is 5.17 Å². The Morgan fingerprint density at radius 3 is 2.80 bits per heavy atom. The summed E-state index contributed by atoms with van der Waals surface area (Å²) < 4.78 is 6.29. The standard InChI is InChI=1S/C23H20BrN3O2S/c1-15-22(28)27(14-17-8-5-7-16-6-3-4-9-20(16)17)23(30-15)26-25-13-18-12-19(24)10-11-21(18)29-2/h3-13,15H,14H2,1-2H3/b25-13+,26-23+. The van der Waals surface area contributed by atoms with Gasteiger partial charge in [0.25, 0.3) is 0 Å². The maximum atomic E-state index is 12.8. The second-order valence-corrected chi connectivity index (χ2v) is 9.06. The summed E-state index contributed by atoms with van der Waals surface area (Å²) in [6, 6.07) is 20.0. The van der Waals surface area contributed by atoms with E-state index in [9.17, 15) is 4.79 Å². The summed E-state index contributed by atoms with van der Waals surface area (Å²) in [5.41, 5.74) is 1.89. The first-order valence-electron chi connectivity index (χ1n) is 9.46. The van der Waals surface area contributed by atoms with E-state index >= 15 is 0 Å². The predicted octanol–water partition coefficient (Wildman–Crippen LogP) is 5.46. The molecule has 3 aromatic carbocycles. The number of hydrogen-bond acceptors (Lipinski definition) is 5. The number of halogens is 1. The van der Waals surface area contributed by atoms with Crippen molar-refractivity contribution < 1.29 is 9.53 Å². The van der Waals surface area contributed by atoms with Crippen molar-refractivity contribution in [3.05, 3.63) is 76.3 Å².